The van der Waals surface area contributed by atoms with Gasteiger partial charge in [0.1, 0.15) is 0 Å². The van der Waals surface area contributed by atoms with Crippen molar-refractivity contribution >= 4 is 21.8 Å². The Hall–Kier alpha value is -3.92. The quantitative estimate of drug-likeness (QED) is 0.245. The Morgan fingerprint density at radius 1 is 0.500 bits per heavy atom. The van der Waals surface area contributed by atoms with E-state index in [1.165, 1.54) is 62.5 Å². The molecule has 4 heteroatoms. The third kappa shape index (κ3) is 4.18. The topological polar surface area (TPSA) is 65.7 Å². The Balaban J connectivity index is 1.25. The van der Waals surface area contributed by atoms with Gasteiger partial charge < -0.3 is 9.97 Å². The van der Waals surface area contributed by atoms with Crippen LogP contribution in [0, 0.1) is 0 Å². The smallest absolute Gasteiger partial charge is 0.190 e. The molecule has 0 bridgehead atoms. The summed E-state index contributed by atoms with van der Waals surface area (Å²) in [6.45, 7) is 0. The second kappa shape index (κ2) is 9.43. The number of fused-ring (bicyclic) bond motifs is 2. The number of pyridine rings is 2. The van der Waals surface area contributed by atoms with Crippen LogP contribution in [0.15, 0.2) is 82.4 Å². The minimum Gasteiger partial charge on any atom is -0.354 e. The van der Waals surface area contributed by atoms with Crippen LogP contribution in [0.4, 0.5) is 0 Å². The number of aromatic amines is 2. The van der Waals surface area contributed by atoms with E-state index in [-0.39, 0.29) is 10.9 Å². The molecule has 2 N–H and O–H groups in total. The maximum atomic E-state index is 13.2. The fourth-order valence-electron chi connectivity index (χ4n) is 6.69. The van der Waals surface area contributed by atoms with Crippen LogP contribution in [-0.2, 0) is 0 Å². The first kappa shape index (κ1) is 23.2. The molecule has 0 atom stereocenters. The normalized spacial score (nSPS) is 16.6. The first-order valence-corrected chi connectivity index (χ1v) is 14.1. The van der Waals surface area contributed by atoms with Crippen LogP contribution in [0.25, 0.3) is 44.3 Å². The van der Waals surface area contributed by atoms with E-state index in [1.54, 1.807) is 12.1 Å². The third-order valence-corrected chi connectivity index (χ3v) is 8.87. The molecule has 2 fully saturated rings. The highest BCUT2D eigenvalue weighted by atomic mass is 16.1. The number of aromatic nitrogens is 2. The molecule has 190 valence electrons. The lowest BCUT2D eigenvalue weighted by Gasteiger charge is -2.12. The molecule has 2 saturated carbocycles. The van der Waals surface area contributed by atoms with E-state index in [9.17, 15) is 9.59 Å². The molecule has 2 aliphatic carbocycles. The third-order valence-electron chi connectivity index (χ3n) is 8.87. The molecule has 0 amide bonds. The van der Waals surface area contributed by atoms with Gasteiger partial charge in [0.05, 0.1) is 11.0 Å². The Morgan fingerprint density at radius 2 is 0.868 bits per heavy atom. The molecule has 2 aliphatic rings. The van der Waals surface area contributed by atoms with Gasteiger partial charge in [-0.3, -0.25) is 9.59 Å². The summed E-state index contributed by atoms with van der Waals surface area (Å²) in [5.41, 5.74) is 7.54. The molecule has 0 radical (unpaired) electrons. The van der Waals surface area contributed by atoms with Crippen molar-refractivity contribution in [1.82, 2.24) is 9.97 Å². The van der Waals surface area contributed by atoms with Crippen molar-refractivity contribution in [3.8, 4) is 22.5 Å². The molecule has 2 aromatic heterocycles. The van der Waals surface area contributed by atoms with Gasteiger partial charge in [0.15, 0.2) is 10.9 Å². The molecule has 0 aliphatic heterocycles. The Kier molecular flexibility index (Phi) is 5.76. The first-order valence-electron chi connectivity index (χ1n) is 14.1. The van der Waals surface area contributed by atoms with Crippen molar-refractivity contribution in [3.05, 3.63) is 104 Å². The van der Waals surface area contributed by atoms with Crippen molar-refractivity contribution in [2.24, 2.45) is 0 Å². The molecule has 4 nitrogen and oxygen atoms in total. The van der Waals surface area contributed by atoms with Crippen molar-refractivity contribution < 1.29 is 0 Å². The average Bonchev–Trinajstić information content (AvgIpc) is 3.68. The zero-order valence-corrected chi connectivity index (χ0v) is 21.6. The van der Waals surface area contributed by atoms with E-state index in [0.717, 1.165) is 22.5 Å². The van der Waals surface area contributed by atoms with E-state index in [2.05, 4.69) is 58.5 Å². The van der Waals surface area contributed by atoms with Gasteiger partial charge in [-0.15, -0.1) is 0 Å². The summed E-state index contributed by atoms with van der Waals surface area (Å²) in [7, 11) is 0. The summed E-state index contributed by atoms with van der Waals surface area (Å²) < 4.78 is 0. The van der Waals surface area contributed by atoms with Crippen molar-refractivity contribution in [2.75, 3.05) is 0 Å². The zero-order chi connectivity index (χ0) is 25.6. The van der Waals surface area contributed by atoms with E-state index < -0.39 is 0 Å². The largest absolute Gasteiger partial charge is 0.354 e. The van der Waals surface area contributed by atoms with Gasteiger partial charge in [0.25, 0.3) is 0 Å². The summed E-state index contributed by atoms with van der Waals surface area (Å²) in [6.07, 6.45) is 10.3. The van der Waals surface area contributed by atoms with Crippen molar-refractivity contribution in [3.63, 3.8) is 0 Å². The lowest BCUT2D eigenvalue weighted by molar-refractivity contribution is 0.723. The first-order chi connectivity index (χ1) is 18.6. The molecule has 0 spiro atoms. The zero-order valence-electron chi connectivity index (χ0n) is 21.6. The lowest BCUT2D eigenvalue weighted by atomic mass is 9.96. The van der Waals surface area contributed by atoms with Crippen LogP contribution in [0.1, 0.15) is 74.3 Å². The molecule has 3 aromatic carbocycles. The van der Waals surface area contributed by atoms with Crippen molar-refractivity contribution in [1.29, 1.82) is 0 Å². The molecule has 0 unspecified atom stereocenters. The fraction of sp³-hybridized carbons (Fsp3) is 0.294. The maximum Gasteiger partial charge on any atom is 0.190 e. The Bertz CT molecular complexity index is 1620. The Morgan fingerprint density at radius 3 is 1.24 bits per heavy atom. The minimum atomic E-state index is -0.0531. The SMILES string of the molecule is O=c1cc(-c2ccc(C3CCCC3)cc2)[nH]c2cc3c(=O)cc(-c4ccc(C5CCCC5)cc4)[nH]c3cc12. The number of hydrogen-bond donors (Lipinski definition) is 2. The van der Waals surface area contributed by atoms with Crippen LogP contribution in [-0.4, -0.2) is 9.97 Å². The second-order valence-corrected chi connectivity index (χ2v) is 11.2. The highest BCUT2D eigenvalue weighted by Crippen LogP contribution is 2.36. The van der Waals surface area contributed by atoms with E-state index in [4.69, 9.17) is 0 Å². The van der Waals surface area contributed by atoms with E-state index in [0.29, 0.717) is 33.6 Å². The predicted molar refractivity (Wildman–Crippen MR) is 156 cm³/mol. The van der Waals surface area contributed by atoms with Gasteiger partial charge in [-0.05, 0) is 71.9 Å². The van der Waals surface area contributed by atoms with Crippen LogP contribution >= 0.6 is 0 Å². The molecule has 2 heterocycles. The fourth-order valence-corrected chi connectivity index (χ4v) is 6.69. The van der Waals surface area contributed by atoms with Gasteiger partial charge in [-0.25, -0.2) is 0 Å². The summed E-state index contributed by atoms with van der Waals surface area (Å²) in [5.74, 6) is 1.32. The summed E-state index contributed by atoms with van der Waals surface area (Å²) in [5, 5.41) is 1.15. The Labute approximate surface area is 221 Å². The number of rotatable bonds is 4. The van der Waals surface area contributed by atoms with Gasteiger partial charge in [0, 0.05) is 34.3 Å². The monoisotopic (exact) mass is 500 g/mol. The molecule has 38 heavy (non-hydrogen) atoms. The summed E-state index contributed by atoms with van der Waals surface area (Å²) >= 11 is 0. The highest BCUT2D eigenvalue weighted by Gasteiger charge is 2.18. The summed E-state index contributed by atoms with van der Waals surface area (Å²) in [4.78, 5) is 33.2. The number of benzene rings is 3. The van der Waals surface area contributed by atoms with Crippen LogP contribution < -0.4 is 10.9 Å². The van der Waals surface area contributed by atoms with Gasteiger partial charge in [0.2, 0.25) is 0 Å². The number of H-pyrrole nitrogens is 2. The number of nitrogens with one attached hydrogen (secondary N) is 2. The molecule has 0 saturated heterocycles. The van der Waals surface area contributed by atoms with Crippen molar-refractivity contribution in [2.45, 2.75) is 63.2 Å². The molecular formula is C34H32N2O2. The predicted octanol–water partition coefficient (Wildman–Crippen LogP) is 8.02. The highest BCUT2D eigenvalue weighted by molar-refractivity contribution is 5.96. The second-order valence-electron chi connectivity index (χ2n) is 11.2. The summed E-state index contributed by atoms with van der Waals surface area (Å²) in [6, 6.07) is 24.1. The van der Waals surface area contributed by atoms with Gasteiger partial charge >= 0.3 is 0 Å². The molecular weight excluding hydrogens is 468 g/mol. The van der Waals surface area contributed by atoms with Gasteiger partial charge in [-0.2, -0.15) is 0 Å². The minimum absolute atomic E-state index is 0.0531. The van der Waals surface area contributed by atoms with E-state index in [1.807, 2.05) is 12.1 Å². The number of hydrogen-bond acceptors (Lipinski definition) is 2. The lowest BCUT2D eigenvalue weighted by Crippen LogP contribution is -2.07. The van der Waals surface area contributed by atoms with E-state index >= 15 is 0 Å². The molecule has 5 aromatic rings. The average molecular weight is 501 g/mol. The van der Waals surface area contributed by atoms with Crippen LogP contribution in [0.2, 0.25) is 0 Å². The van der Waals surface area contributed by atoms with Crippen LogP contribution in [0.3, 0.4) is 0 Å². The molecule has 7 rings (SSSR count). The standard InChI is InChI=1S/C34H32N2O2/c37-33-19-29(25-13-9-23(10-14-25)21-5-1-2-6-21)35-31-17-28-32(18-27(31)33)36-30(20-34(28)38)26-15-11-24(12-16-26)22-7-3-4-8-22/h9-22H,1-8H2,(H,35,37)(H,36,38). The van der Waals surface area contributed by atoms with Crippen LogP contribution in [0.5, 0.6) is 0 Å². The maximum absolute atomic E-state index is 13.2. The van der Waals surface area contributed by atoms with Gasteiger partial charge in [-0.1, -0.05) is 74.2 Å².